The van der Waals surface area contributed by atoms with E-state index in [1.807, 2.05) is 12.1 Å². The highest BCUT2D eigenvalue weighted by atomic mass is 16.5. The number of hydrogen-bond acceptors (Lipinski definition) is 3. The summed E-state index contributed by atoms with van der Waals surface area (Å²) in [7, 11) is 0. The SMILES string of the molecule is C=Cc1ccc(NC(=O)c2ccc(OC(=O)C(=C)C)cc2)cc1. The Morgan fingerprint density at radius 3 is 2.17 bits per heavy atom. The molecule has 0 heterocycles. The van der Waals surface area contributed by atoms with Crippen LogP contribution >= 0.6 is 0 Å². The Balaban J connectivity index is 2.03. The highest BCUT2D eigenvalue weighted by molar-refractivity contribution is 6.04. The van der Waals surface area contributed by atoms with Gasteiger partial charge in [-0.1, -0.05) is 31.4 Å². The number of esters is 1. The van der Waals surface area contributed by atoms with E-state index in [4.69, 9.17) is 4.74 Å². The summed E-state index contributed by atoms with van der Waals surface area (Å²) >= 11 is 0. The Kier molecular flexibility index (Phi) is 5.10. The Labute approximate surface area is 135 Å². The van der Waals surface area contributed by atoms with Crippen molar-refractivity contribution in [3.8, 4) is 5.75 Å². The van der Waals surface area contributed by atoms with Gasteiger partial charge in [-0.05, 0) is 48.9 Å². The summed E-state index contributed by atoms with van der Waals surface area (Å²) in [4.78, 5) is 23.6. The molecule has 0 atom stereocenters. The third kappa shape index (κ3) is 4.41. The molecule has 0 aliphatic heterocycles. The van der Waals surface area contributed by atoms with Gasteiger partial charge in [0, 0.05) is 16.8 Å². The van der Waals surface area contributed by atoms with Crippen LogP contribution in [0.25, 0.3) is 6.08 Å². The van der Waals surface area contributed by atoms with Gasteiger partial charge >= 0.3 is 5.97 Å². The molecule has 0 unspecified atom stereocenters. The lowest BCUT2D eigenvalue weighted by atomic mass is 10.1. The Bertz CT molecular complexity index is 743. The van der Waals surface area contributed by atoms with Crippen molar-refractivity contribution in [1.29, 1.82) is 0 Å². The van der Waals surface area contributed by atoms with E-state index in [1.54, 1.807) is 49.4 Å². The molecule has 0 saturated heterocycles. The monoisotopic (exact) mass is 307 g/mol. The summed E-state index contributed by atoms with van der Waals surface area (Å²) in [6.45, 7) is 8.76. The van der Waals surface area contributed by atoms with Crippen molar-refractivity contribution in [1.82, 2.24) is 0 Å². The fraction of sp³-hybridized carbons (Fsp3) is 0.0526. The first-order chi connectivity index (χ1) is 11.0. The highest BCUT2D eigenvalue weighted by Crippen LogP contribution is 2.16. The minimum absolute atomic E-state index is 0.242. The third-order valence-corrected chi connectivity index (χ3v) is 3.08. The van der Waals surface area contributed by atoms with Crippen LogP contribution in [-0.4, -0.2) is 11.9 Å². The van der Waals surface area contributed by atoms with E-state index in [2.05, 4.69) is 18.5 Å². The molecule has 4 heteroatoms. The average molecular weight is 307 g/mol. The quantitative estimate of drug-likeness (QED) is 0.515. The summed E-state index contributed by atoms with van der Waals surface area (Å²) in [5, 5.41) is 2.79. The van der Waals surface area contributed by atoms with Gasteiger partial charge < -0.3 is 10.1 Å². The van der Waals surface area contributed by atoms with Crippen molar-refractivity contribution < 1.29 is 14.3 Å². The second kappa shape index (κ2) is 7.22. The van der Waals surface area contributed by atoms with E-state index in [1.165, 1.54) is 0 Å². The Morgan fingerprint density at radius 1 is 1.04 bits per heavy atom. The first-order valence-electron chi connectivity index (χ1n) is 7.01. The summed E-state index contributed by atoms with van der Waals surface area (Å²) in [6, 6.07) is 13.7. The highest BCUT2D eigenvalue weighted by Gasteiger charge is 2.08. The molecule has 0 radical (unpaired) electrons. The van der Waals surface area contributed by atoms with Crippen molar-refractivity contribution in [3.63, 3.8) is 0 Å². The number of carbonyl (C=O) groups excluding carboxylic acids is 2. The fourth-order valence-electron chi connectivity index (χ4n) is 1.77. The molecule has 0 aliphatic rings. The predicted molar refractivity (Wildman–Crippen MR) is 91.4 cm³/mol. The lowest BCUT2D eigenvalue weighted by Crippen LogP contribution is -2.12. The molecule has 0 bridgehead atoms. The number of anilines is 1. The van der Waals surface area contributed by atoms with Gasteiger partial charge in [0.05, 0.1) is 0 Å². The van der Waals surface area contributed by atoms with Crippen LogP contribution in [0.3, 0.4) is 0 Å². The van der Waals surface area contributed by atoms with Gasteiger partial charge in [-0.3, -0.25) is 4.79 Å². The van der Waals surface area contributed by atoms with Crippen LogP contribution in [-0.2, 0) is 4.79 Å². The third-order valence-electron chi connectivity index (χ3n) is 3.08. The van der Waals surface area contributed by atoms with Crippen molar-refractivity contribution in [3.05, 3.63) is 78.4 Å². The molecule has 1 amide bonds. The number of rotatable bonds is 5. The maximum absolute atomic E-state index is 12.2. The number of hydrogen-bond donors (Lipinski definition) is 1. The van der Waals surface area contributed by atoms with Crippen LogP contribution < -0.4 is 10.1 Å². The molecule has 0 aromatic heterocycles. The Hall–Kier alpha value is -3.14. The minimum Gasteiger partial charge on any atom is -0.423 e. The van der Waals surface area contributed by atoms with Crippen molar-refractivity contribution >= 4 is 23.6 Å². The van der Waals surface area contributed by atoms with Crippen LogP contribution in [0.5, 0.6) is 5.75 Å². The summed E-state index contributed by atoms with van der Waals surface area (Å²) in [5.74, 6) is -0.372. The second-order valence-electron chi connectivity index (χ2n) is 4.97. The standard InChI is InChI=1S/C19H17NO3/c1-4-14-5-9-16(10-6-14)20-18(21)15-7-11-17(12-8-15)23-19(22)13(2)3/h4-12H,1-2H2,3H3,(H,20,21). The van der Waals surface area contributed by atoms with E-state index >= 15 is 0 Å². The number of nitrogens with one attached hydrogen (secondary N) is 1. The molecule has 0 spiro atoms. The predicted octanol–water partition coefficient (Wildman–Crippen LogP) is 4.06. The first-order valence-corrected chi connectivity index (χ1v) is 7.01. The molecule has 116 valence electrons. The van der Waals surface area contributed by atoms with Gasteiger partial charge in [0.15, 0.2) is 0 Å². The topological polar surface area (TPSA) is 55.4 Å². The van der Waals surface area contributed by atoms with Crippen molar-refractivity contribution in [2.24, 2.45) is 0 Å². The van der Waals surface area contributed by atoms with E-state index in [9.17, 15) is 9.59 Å². The van der Waals surface area contributed by atoms with Crippen molar-refractivity contribution in [2.45, 2.75) is 6.92 Å². The molecular weight excluding hydrogens is 290 g/mol. The lowest BCUT2D eigenvalue weighted by molar-refractivity contribution is -0.130. The van der Waals surface area contributed by atoms with E-state index in [0.717, 1.165) is 5.56 Å². The minimum atomic E-state index is -0.496. The van der Waals surface area contributed by atoms with Gasteiger partial charge in [0.25, 0.3) is 5.91 Å². The summed E-state index contributed by atoms with van der Waals surface area (Å²) < 4.78 is 5.07. The number of ether oxygens (including phenoxy) is 1. The maximum atomic E-state index is 12.2. The zero-order valence-corrected chi connectivity index (χ0v) is 12.8. The number of amides is 1. The van der Waals surface area contributed by atoms with Crippen molar-refractivity contribution in [2.75, 3.05) is 5.32 Å². The van der Waals surface area contributed by atoms with Crippen LogP contribution in [0.4, 0.5) is 5.69 Å². The molecule has 2 aromatic rings. The number of carbonyl (C=O) groups is 2. The number of benzene rings is 2. The zero-order chi connectivity index (χ0) is 16.8. The second-order valence-corrected chi connectivity index (χ2v) is 4.97. The molecule has 0 fully saturated rings. The smallest absolute Gasteiger partial charge is 0.338 e. The van der Waals surface area contributed by atoms with E-state index < -0.39 is 5.97 Å². The normalized spacial score (nSPS) is 9.78. The molecule has 0 aliphatic carbocycles. The molecule has 0 saturated carbocycles. The zero-order valence-electron chi connectivity index (χ0n) is 12.8. The molecular formula is C19H17NO3. The molecule has 23 heavy (non-hydrogen) atoms. The van der Waals surface area contributed by atoms with Gasteiger partial charge in [0.1, 0.15) is 5.75 Å². The van der Waals surface area contributed by atoms with Crippen LogP contribution in [0, 0.1) is 0 Å². The van der Waals surface area contributed by atoms with Crippen LogP contribution in [0.15, 0.2) is 67.3 Å². The summed E-state index contributed by atoms with van der Waals surface area (Å²) in [5.41, 5.74) is 2.45. The fourth-order valence-corrected chi connectivity index (χ4v) is 1.77. The van der Waals surface area contributed by atoms with Crippen LogP contribution in [0.2, 0.25) is 0 Å². The van der Waals surface area contributed by atoms with Gasteiger partial charge in [0.2, 0.25) is 0 Å². The van der Waals surface area contributed by atoms with Gasteiger partial charge in [-0.2, -0.15) is 0 Å². The maximum Gasteiger partial charge on any atom is 0.338 e. The van der Waals surface area contributed by atoms with E-state index in [-0.39, 0.29) is 5.91 Å². The van der Waals surface area contributed by atoms with Gasteiger partial charge in [-0.15, -0.1) is 0 Å². The molecule has 2 rings (SSSR count). The lowest BCUT2D eigenvalue weighted by Gasteiger charge is -2.07. The largest absolute Gasteiger partial charge is 0.423 e. The first kappa shape index (κ1) is 16.2. The molecule has 4 nitrogen and oxygen atoms in total. The average Bonchev–Trinajstić information content (AvgIpc) is 2.56. The summed E-state index contributed by atoms with van der Waals surface area (Å²) in [6.07, 6.45) is 1.73. The Morgan fingerprint density at radius 2 is 1.65 bits per heavy atom. The molecule has 1 N–H and O–H groups in total. The van der Waals surface area contributed by atoms with Gasteiger partial charge in [-0.25, -0.2) is 4.79 Å². The molecule has 2 aromatic carbocycles. The van der Waals surface area contributed by atoms with E-state index in [0.29, 0.717) is 22.6 Å². The van der Waals surface area contributed by atoms with Crippen LogP contribution in [0.1, 0.15) is 22.8 Å².